The van der Waals surface area contributed by atoms with Crippen molar-refractivity contribution in [2.75, 3.05) is 7.11 Å². The van der Waals surface area contributed by atoms with Gasteiger partial charge in [0.1, 0.15) is 11.9 Å². The predicted octanol–water partition coefficient (Wildman–Crippen LogP) is 3.82. The molecule has 0 saturated heterocycles. The Kier molecular flexibility index (Phi) is 4.17. The smallest absolute Gasteiger partial charge is 0.165 e. The van der Waals surface area contributed by atoms with Gasteiger partial charge < -0.3 is 9.84 Å². The second-order valence-electron chi connectivity index (χ2n) is 3.94. The van der Waals surface area contributed by atoms with Crippen molar-refractivity contribution >= 4 is 15.9 Å². The Hall–Kier alpha value is -1.46. The van der Waals surface area contributed by atoms with Crippen LogP contribution in [0, 0.1) is 11.6 Å². The zero-order valence-electron chi connectivity index (χ0n) is 10.0. The highest BCUT2D eigenvalue weighted by atomic mass is 79.9. The predicted molar refractivity (Wildman–Crippen MR) is 71.1 cm³/mol. The van der Waals surface area contributed by atoms with Gasteiger partial charge in [-0.25, -0.2) is 8.78 Å². The molecular weight excluding hydrogens is 318 g/mol. The molecule has 0 bridgehead atoms. The number of hydrogen-bond donors (Lipinski definition) is 1. The van der Waals surface area contributed by atoms with Crippen molar-refractivity contribution in [1.82, 2.24) is 0 Å². The summed E-state index contributed by atoms with van der Waals surface area (Å²) in [6.45, 7) is 0. The fourth-order valence-electron chi connectivity index (χ4n) is 1.76. The molecule has 0 radical (unpaired) electrons. The number of halogens is 3. The van der Waals surface area contributed by atoms with Gasteiger partial charge in [0.25, 0.3) is 0 Å². The van der Waals surface area contributed by atoms with E-state index in [2.05, 4.69) is 15.9 Å². The number of ether oxygens (including phenoxy) is 1. The SMILES string of the molecule is COc1ccc(C(O)c2cccc(F)c2Br)cc1F. The molecule has 2 nitrogen and oxygen atoms in total. The van der Waals surface area contributed by atoms with E-state index < -0.39 is 17.7 Å². The van der Waals surface area contributed by atoms with Gasteiger partial charge in [-0.15, -0.1) is 0 Å². The molecule has 0 fully saturated rings. The first-order valence-corrected chi connectivity index (χ1v) is 6.29. The van der Waals surface area contributed by atoms with Gasteiger partial charge in [-0.1, -0.05) is 18.2 Å². The van der Waals surface area contributed by atoms with Crippen LogP contribution >= 0.6 is 15.9 Å². The standard InChI is InChI=1S/C14H11BrF2O2/c1-19-12-6-5-8(7-11(12)17)14(18)9-3-2-4-10(16)13(9)15/h2-7,14,18H,1H3. The summed E-state index contributed by atoms with van der Waals surface area (Å²) in [4.78, 5) is 0. The minimum atomic E-state index is -1.12. The van der Waals surface area contributed by atoms with E-state index in [0.717, 1.165) is 0 Å². The Bertz CT molecular complexity index is 602. The average Bonchev–Trinajstić information content (AvgIpc) is 2.41. The van der Waals surface area contributed by atoms with Crippen molar-refractivity contribution in [3.63, 3.8) is 0 Å². The monoisotopic (exact) mass is 328 g/mol. The van der Waals surface area contributed by atoms with Crippen LogP contribution in [0.2, 0.25) is 0 Å². The molecule has 19 heavy (non-hydrogen) atoms. The molecule has 2 rings (SSSR count). The van der Waals surface area contributed by atoms with Gasteiger partial charge in [0.15, 0.2) is 11.6 Å². The third kappa shape index (κ3) is 2.77. The number of aliphatic hydroxyl groups excluding tert-OH is 1. The van der Waals surface area contributed by atoms with Crippen molar-refractivity contribution in [3.05, 3.63) is 63.6 Å². The van der Waals surface area contributed by atoms with Crippen molar-refractivity contribution in [3.8, 4) is 5.75 Å². The second-order valence-corrected chi connectivity index (χ2v) is 4.73. The number of hydrogen-bond acceptors (Lipinski definition) is 2. The van der Waals surface area contributed by atoms with Gasteiger partial charge in [-0.05, 0) is 39.7 Å². The van der Waals surface area contributed by atoms with Crippen LogP contribution in [0.4, 0.5) is 8.78 Å². The van der Waals surface area contributed by atoms with E-state index in [9.17, 15) is 13.9 Å². The molecule has 2 aromatic carbocycles. The molecule has 0 amide bonds. The maximum Gasteiger partial charge on any atom is 0.165 e. The van der Waals surface area contributed by atoms with Crippen molar-refractivity contribution < 1.29 is 18.6 Å². The molecule has 2 aromatic rings. The molecule has 0 heterocycles. The molecule has 0 saturated carbocycles. The molecule has 0 aliphatic heterocycles. The summed E-state index contributed by atoms with van der Waals surface area (Å²) in [7, 11) is 1.36. The summed E-state index contributed by atoms with van der Waals surface area (Å²) in [6.07, 6.45) is -1.12. The summed E-state index contributed by atoms with van der Waals surface area (Å²) in [6, 6.07) is 8.44. The van der Waals surface area contributed by atoms with Crippen molar-refractivity contribution in [2.45, 2.75) is 6.10 Å². The van der Waals surface area contributed by atoms with Gasteiger partial charge in [-0.3, -0.25) is 0 Å². The largest absolute Gasteiger partial charge is 0.494 e. The van der Waals surface area contributed by atoms with E-state index in [4.69, 9.17) is 4.74 Å². The third-order valence-electron chi connectivity index (χ3n) is 2.77. The summed E-state index contributed by atoms with van der Waals surface area (Å²) in [5.41, 5.74) is 0.661. The van der Waals surface area contributed by atoms with E-state index in [1.54, 1.807) is 6.07 Å². The first-order chi connectivity index (χ1) is 9.04. The van der Waals surface area contributed by atoms with Crippen LogP contribution in [0.3, 0.4) is 0 Å². The average molecular weight is 329 g/mol. The zero-order valence-corrected chi connectivity index (χ0v) is 11.6. The van der Waals surface area contributed by atoms with Gasteiger partial charge in [-0.2, -0.15) is 0 Å². The quantitative estimate of drug-likeness (QED) is 0.928. The minimum Gasteiger partial charge on any atom is -0.494 e. The van der Waals surface area contributed by atoms with Crippen LogP contribution in [0.15, 0.2) is 40.9 Å². The molecule has 0 aliphatic rings. The Labute approximate surface area is 117 Å². The number of aliphatic hydroxyl groups is 1. The molecule has 0 spiro atoms. The van der Waals surface area contributed by atoms with Crippen LogP contribution in [0.25, 0.3) is 0 Å². The van der Waals surface area contributed by atoms with Crippen LogP contribution < -0.4 is 4.74 Å². The zero-order chi connectivity index (χ0) is 14.0. The van der Waals surface area contributed by atoms with E-state index in [1.165, 1.54) is 37.4 Å². The number of rotatable bonds is 3. The molecular formula is C14H11BrF2O2. The van der Waals surface area contributed by atoms with E-state index in [0.29, 0.717) is 11.1 Å². The molecule has 0 aliphatic carbocycles. The van der Waals surface area contributed by atoms with Gasteiger partial charge in [0, 0.05) is 5.56 Å². The maximum atomic E-state index is 13.6. The fraction of sp³-hybridized carbons (Fsp3) is 0.143. The van der Waals surface area contributed by atoms with E-state index >= 15 is 0 Å². The lowest BCUT2D eigenvalue weighted by Gasteiger charge is -2.14. The van der Waals surface area contributed by atoms with E-state index in [1.807, 2.05) is 0 Å². The highest BCUT2D eigenvalue weighted by molar-refractivity contribution is 9.10. The highest BCUT2D eigenvalue weighted by Gasteiger charge is 2.17. The summed E-state index contributed by atoms with van der Waals surface area (Å²) in [5, 5.41) is 10.2. The van der Waals surface area contributed by atoms with Gasteiger partial charge >= 0.3 is 0 Å². The summed E-state index contributed by atoms with van der Waals surface area (Å²) < 4.78 is 32.0. The summed E-state index contributed by atoms with van der Waals surface area (Å²) >= 11 is 3.07. The minimum absolute atomic E-state index is 0.0919. The fourth-order valence-corrected chi connectivity index (χ4v) is 2.25. The lowest BCUT2D eigenvalue weighted by atomic mass is 10.0. The number of benzene rings is 2. The summed E-state index contributed by atoms with van der Waals surface area (Å²) in [5.74, 6) is -0.966. The first kappa shape index (κ1) is 14.0. The van der Waals surface area contributed by atoms with Crippen LogP contribution in [0.1, 0.15) is 17.2 Å². The second kappa shape index (κ2) is 5.67. The Morgan fingerprint density at radius 3 is 2.53 bits per heavy atom. The molecule has 0 aromatic heterocycles. The molecule has 1 atom stereocenters. The van der Waals surface area contributed by atoms with E-state index in [-0.39, 0.29) is 10.2 Å². The lowest BCUT2D eigenvalue weighted by molar-refractivity contribution is 0.218. The molecule has 100 valence electrons. The maximum absolute atomic E-state index is 13.6. The first-order valence-electron chi connectivity index (χ1n) is 5.50. The van der Waals surface area contributed by atoms with Crippen LogP contribution in [-0.4, -0.2) is 12.2 Å². The molecule has 1 N–H and O–H groups in total. The highest BCUT2D eigenvalue weighted by Crippen LogP contribution is 2.31. The normalized spacial score (nSPS) is 12.3. The van der Waals surface area contributed by atoms with Crippen molar-refractivity contribution in [2.24, 2.45) is 0 Å². The topological polar surface area (TPSA) is 29.5 Å². The van der Waals surface area contributed by atoms with Gasteiger partial charge in [0.05, 0.1) is 11.6 Å². The third-order valence-corrected chi connectivity index (χ3v) is 3.60. The van der Waals surface area contributed by atoms with Gasteiger partial charge in [0.2, 0.25) is 0 Å². The number of methoxy groups -OCH3 is 1. The van der Waals surface area contributed by atoms with Crippen LogP contribution in [-0.2, 0) is 0 Å². The lowest BCUT2D eigenvalue weighted by Crippen LogP contribution is -2.03. The molecule has 5 heteroatoms. The molecule has 1 unspecified atom stereocenters. The Morgan fingerprint density at radius 1 is 1.16 bits per heavy atom. The van der Waals surface area contributed by atoms with Crippen LogP contribution in [0.5, 0.6) is 5.75 Å². The Balaban J connectivity index is 2.41. The Morgan fingerprint density at radius 2 is 1.89 bits per heavy atom. The van der Waals surface area contributed by atoms with Crippen molar-refractivity contribution in [1.29, 1.82) is 0 Å².